The van der Waals surface area contributed by atoms with Crippen molar-refractivity contribution in [3.05, 3.63) is 23.8 Å². The topological polar surface area (TPSA) is 70.0 Å². The van der Waals surface area contributed by atoms with E-state index in [1.807, 2.05) is 26.0 Å². The molecule has 1 aliphatic heterocycles. The highest BCUT2D eigenvalue weighted by molar-refractivity contribution is 5.70. The molecule has 1 aliphatic rings. The van der Waals surface area contributed by atoms with Gasteiger partial charge in [0.15, 0.2) is 11.5 Å². The summed E-state index contributed by atoms with van der Waals surface area (Å²) in [7, 11) is 0. The first-order valence-corrected chi connectivity index (χ1v) is 7.43. The summed E-state index contributed by atoms with van der Waals surface area (Å²) in [4.78, 5) is 13.3. The largest absolute Gasteiger partial charge is 0.504 e. The van der Waals surface area contributed by atoms with Crippen molar-refractivity contribution in [3.63, 3.8) is 0 Å². The summed E-state index contributed by atoms with van der Waals surface area (Å²) in [5.41, 5.74) is 0.821. The van der Waals surface area contributed by atoms with E-state index in [-0.39, 0.29) is 17.7 Å². The van der Waals surface area contributed by atoms with E-state index in [9.17, 15) is 9.90 Å². The van der Waals surface area contributed by atoms with Crippen molar-refractivity contribution in [1.82, 2.24) is 4.90 Å². The summed E-state index contributed by atoms with van der Waals surface area (Å²) in [6, 6.07) is 5.69. The predicted molar refractivity (Wildman–Crippen MR) is 79.5 cm³/mol. The zero-order valence-corrected chi connectivity index (χ0v) is 12.6. The quantitative estimate of drug-likeness (QED) is 0.872. The minimum absolute atomic E-state index is 0.187. The van der Waals surface area contributed by atoms with Crippen LogP contribution in [0.2, 0.25) is 0 Å². The number of benzene rings is 1. The maximum Gasteiger partial charge on any atom is 0.306 e. The second kappa shape index (κ2) is 6.80. The van der Waals surface area contributed by atoms with E-state index < -0.39 is 5.97 Å². The smallest absolute Gasteiger partial charge is 0.306 e. The Labute approximate surface area is 125 Å². The number of nitrogens with zero attached hydrogens (tertiary/aromatic N) is 1. The molecule has 5 heteroatoms. The van der Waals surface area contributed by atoms with Gasteiger partial charge in [-0.3, -0.25) is 9.69 Å². The molecule has 2 N–H and O–H groups in total. The number of aromatic hydroxyl groups is 1. The minimum atomic E-state index is -0.706. The van der Waals surface area contributed by atoms with E-state index in [0.29, 0.717) is 31.7 Å². The number of ether oxygens (including phenoxy) is 1. The summed E-state index contributed by atoms with van der Waals surface area (Å²) in [5.74, 6) is -0.266. The minimum Gasteiger partial charge on any atom is -0.504 e. The molecule has 0 spiro atoms. The third kappa shape index (κ3) is 3.67. The molecule has 2 unspecified atom stereocenters. The molecular formula is C16H23NO4. The molecule has 0 aliphatic carbocycles. The van der Waals surface area contributed by atoms with Crippen molar-refractivity contribution < 1.29 is 19.7 Å². The van der Waals surface area contributed by atoms with Crippen LogP contribution >= 0.6 is 0 Å². The number of phenolic OH excluding ortho intramolecular Hbond substituents is 1. The molecule has 1 saturated heterocycles. The maximum absolute atomic E-state index is 11.1. The lowest BCUT2D eigenvalue weighted by molar-refractivity contribution is -0.144. The molecule has 1 fully saturated rings. The molecular weight excluding hydrogens is 270 g/mol. The lowest BCUT2D eigenvalue weighted by Crippen LogP contribution is -2.42. The van der Waals surface area contributed by atoms with Gasteiger partial charge >= 0.3 is 5.97 Å². The average Bonchev–Trinajstić information content (AvgIpc) is 2.45. The lowest BCUT2D eigenvalue weighted by Gasteiger charge is -2.36. The van der Waals surface area contributed by atoms with Gasteiger partial charge in [0.1, 0.15) is 0 Å². The number of hydrogen-bond acceptors (Lipinski definition) is 4. The van der Waals surface area contributed by atoms with Crippen LogP contribution in [0.5, 0.6) is 11.5 Å². The second-order valence-corrected chi connectivity index (χ2v) is 5.58. The number of hydrogen-bond donors (Lipinski definition) is 2. The van der Waals surface area contributed by atoms with Crippen molar-refractivity contribution in [3.8, 4) is 11.5 Å². The molecule has 0 bridgehead atoms. The molecule has 1 aromatic carbocycles. The molecule has 2 atom stereocenters. The Morgan fingerprint density at radius 2 is 2.24 bits per heavy atom. The van der Waals surface area contributed by atoms with Gasteiger partial charge in [0.25, 0.3) is 0 Å². The highest BCUT2D eigenvalue weighted by Gasteiger charge is 2.30. The Bertz CT molecular complexity index is 503. The van der Waals surface area contributed by atoms with E-state index in [1.54, 1.807) is 6.07 Å². The van der Waals surface area contributed by atoms with Crippen LogP contribution in [0.25, 0.3) is 0 Å². The van der Waals surface area contributed by atoms with E-state index >= 15 is 0 Å². The van der Waals surface area contributed by atoms with Gasteiger partial charge in [0.05, 0.1) is 12.5 Å². The van der Waals surface area contributed by atoms with Crippen LogP contribution in [-0.4, -0.2) is 40.3 Å². The van der Waals surface area contributed by atoms with Crippen LogP contribution in [0.4, 0.5) is 0 Å². The van der Waals surface area contributed by atoms with Gasteiger partial charge in [-0.15, -0.1) is 0 Å². The predicted octanol–water partition coefficient (Wildman–Crippen LogP) is 2.48. The van der Waals surface area contributed by atoms with Gasteiger partial charge in [-0.2, -0.15) is 0 Å². The first-order valence-electron chi connectivity index (χ1n) is 7.43. The monoisotopic (exact) mass is 293 g/mol. The van der Waals surface area contributed by atoms with Crippen LogP contribution in [-0.2, 0) is 11.3 Å². The zero-order valence-electron chi connectivity index (χ0n) is 12.6. The number of carbonyl (C=O) groups is 1. The van der Waals surface area contributed by atoms with Gasteiger partial charge < -0.3 is 14.9 Å². The van der Waals surface area contributed by atoms with E-state index in [1.165, 1.54) is 0 Å². The summed E-state index contributed by atoms with van der Waals surface area (Å²) in [6.07, 6.45) is 1.31. The van der Waals surface area contributed by atoms with E-state index in [4.69, 9.17) is 9.84 Å². The summed E-state index contributed by atoms with van der Waals surface area (Å²) >= 11 is 0. The van der Waals surface area contributed by atoms with Crippen LogP contribution in [0.15, 0.2) is 18.2 Å². The second-order valence-electron chi connectivity index (χ2n) is 5.58. The van der Waals surface area contributed by atoms with Gasteiger partial charge in [0.2, 0.25) is 0 Å². The van der Waals surface area contributed by atoms with Crippen molar-refractivity contribution in [2.24, 2.45) is 5.92 Å². The first-order chi connectivity index (χ1) is 10.0. The number of carboxylic acids is 1. The fourth-order valence-electron chi connectivity index (χ4n) is 2.87. The lowest BCUT2D eigenvalue weighted by atomic mass is 9.91. The van der Waals surface area contributed by atoms with Crippen molar-refractivity contribution in [2.75, 3.05) is 13.2 Å². The Hall–Kier alpha value is -1.75. The molecule has 2 rings (SSSR count). The van der Waals surface area contributed by atoms with E-state index in [2.05, 4.69) is 4.90 Å². The van der Waals surface area contributed by atoms with E-state index in [0.717, 1.165) is 12.1 Å². The molecule has 0 radical (unpaired) electrons. The number of piperidine rings is 1. The molecule has 116 valence electrons. The maximum atomic E-state index is 11.1. The fraction of sp³-hybridized carbons (Fsp3) is 0.562. The molecule has 21 heavy (non-hydrogen) atoms. The molecule has 1 heterocycles. The highest BCUT2D eigenvalue weighted by Crippen LogP contribution is 2.32. The Morgan fingerprint density at radius 3 is 2.86 bits per heavy atom. The number of rotatable bonds is 5. The molecule has 0 aromatic heterocycles. The van der Waals surface area contributed by atoms with Gasteiger partial charge in [0, 0.05) is 18.2 Å². The Kier molecular flexibility index (Phi) is 5.07. The number of likely N-dealkylation sites (tertiary alicyclic amines) is 1. The standard InChI is InChI=1S/C16H23NO4/c1-3-21-14-6-4-5-13(15(14)18)10-17-8-7-12(16(19)20)9-11(17)2/h4-6,11-12,18H,3,7-10H2,1-2H3,(H,19,20). The summed E-state index contributed by atoms with van der Waals surface area (Å²) < 4.78 is 5.40. The van der Waals surface area contributed by atoms with Gasteiger partial charge in [-0.25, -0.2) is 0 Å². The Morgan fingerprint density at radius 1 is 1.48 bits per heavy atom. The van der Waals surface area contributed by atoms with Crippen molar-refractivity contribution >= 4 is 5.97 Å². The van der Waals surface area contributed by atoms with Gasteiger partial charge in [-0.1, -0.05) is 12.1 Å². The number of carboxylic acid groups (broad SMARTS) is 1. The third-order valence-corrected chi connectivity index (χ3v) is 4.12. The molecule has 5 nitrogen and oxygen atoms in total. The average molecular weight is 293 g/mol. The normalized spacial score (nSPS) is 23.0. The van der Waals surface area contributed by atoms with Crippen molar-refractivity contribution in [2.45, 2.75) is 39.3 Å². The fourth-order valence-corrected chi connectivity index (χ4v) is 2.87. The van der Waals surface area contributed by atoms with Crippen LogP contribution in [0.3, 0.4) is 0 Å². The molecule has 0 amide bonds. The first kappa shape index (κ1) is 15.6. The number of phenols is 1. The van der Waals surface area contributed by atoms with Crippen LogP contribution < -0.4 is 4.74 Å². The zero-order chi connectivity index (χ0) is 15.4. The molecule has 1 aromatic rings. The number of para-hydroxylation sites is 1. The Balaban J connectivity index is 2.05. The number of aliphatic carboxylic acids is 1. The van der Waals surface area contributed by atoms with Crippen molar-refractivity contribution in [1.29, 1.82) is 0 Å². The summed E-state index contributed by atoms with van der Waals surface area (Å²) in [5, 5.41) is 19.3. The van der Waals surface area contributed by atoms with Crippen LogP contribution in [0, 0.1) is 5.92 Å². The molecule has 0 saturated carbocycles. The summed E-state index contributed by atoms with van der Waals surface area (Å²) in [6.45, 7) is 5.78. The highest BCUT2D eigenvalue weighted by atomic mass is 16.5. The van der Waals surface area contributed by atoms with Gasteiger partial charge in [-0.05, 0) is 39.3 Å². The van der Waals surface area contributed by atoms with Crippen LogP contribution in [0.1, 0.15) is 32.3 Å². The third-order valence-electron chi connectivity index (χ3n) is 4.12. The SMILES string of the molecule is CCOc1cccc(CN2CCC(C(=O)O)CC2C)c1O.